The van der Waals surface area contributed by atoms with E-state index in [1.54, 1.807) is 13.2 Å². The lowest BCUT2D eigenvalue weighted by atomic mass is 10.1. The summed E-state index contributed by atoms with van der Waals surface area (Å²) in [6.45, 7) is 2.08. The number of anilines is 1. The second-order valence-electron chi connectivity index (χ2n) is 4.86. The number of rotatable bonds is 6. The number of ether oxygens (including phenoxy) is 1. The monoisotopic (exact) mass is 318 g/mol. The molecule has 1 atom stereocenters. The van der Waals surface area contributed by atoms with E-state index in [2.05, 4.69) is 10.6 Å². The maximum absolute atomic E-state index is 12.1. The lowest BCUT2D eigenvalue weighted by Crippen LogP contribution is -2.32. The van der Waals surface area contributed by atoms with Gasteiger partial charge in [-0.05, 0) is 25.1 Å². The molecule has 0 spiro atoms. The summed E-state index contributed by atoms with van der Waals surface area (Å²) >= 11 is 6.04. The van der Waals surface area contributed by atoms with Crippen molar-refractivity contribution in [3.05, 3.63) is 59.1 Å². The summed E-state index contributed by atoms with van der Waals surface area (Å²) < 4.78 is 5.31. The molecule has 4 nitrogen and oxygen atoms in total. The number of hydrogen-bond donors (Lipinski definition) is 2. The van der Waals surface area contributed by atoms with Crippen LogP contribution in [0.5, 0.6) is 5.75 Å². The van der Waals surface area contributed by atoms with E-state index in [0.29, 0.717) is 5.02 Å². The Morgan fingerprint density at radius 2 is 1.86 bits per heavy atom. The number of methoxy groups -OCH3 is 1. The van der Waals surface area contributed by atoms with Gasteiger partial charge < -0.3 is 15.4 Å². The van der Waals surface area contributed by atoms with E-state index in [1.165, 1.54) is 0 Å². The molecule has 2 N–H and O–H groups in total. The fourth-order valence-electron chi connectivity index (χ4n) is 2.17. The Kier molecular flexibility index (Phi) is 5.67. The molecule has 0 fully saturated rings. The number of benzene rings is 2. The highest BCUT2D eigenvalue weighted by molar-refractivity contribution is 6.33. The second kappa shape index (κ2) is 7.71. The summed E-state index contributed by atoms with van der Waals surface area (Å²) in [5.74, 6) is 0.646. The number of halogens is 1. The van der Waals surface area contributed by atoms with E-state index >= 15 is 0 Å². The minimum atomic E-state index is -0.142. The van der Waals surface area contributed by atoms with Gasteiger partial charge in [-0.3, -0.25) is 4.79 Å². The number of amides is 1. The summed E-state index contributed by atoms with van der Waals surface area (Å²) in [6.07, 6.45) is 0. The third-order valence-corrected chi connectivity index (χ3v) is 3.63. The van der Waals surface area contributed by atoms with Gasteiger partial charge in [0.1, 0.15) is 5.75 Å². The maximum Gasteiger partial charge on any atom is 0.239 e. The Balaban J connectivity index is 1.93. The van der Waals surface area contributed by atoms with Crippen molar-refractivity contribution in [1.82, 2.24) is 5.32 Å². The van der Waals surface area contributed by atoms with Crippen molar-refractivity contribution < 1.29 is 9.53 Å². The molecule has 0 bridgehead atoms. The van der Waals surface area contributed by atoms with Crippen LogP contribution in [0.4, 0.5) is 5.69 Å². The number of nitrogens with one attached hydrogen (secondary N) is 2. The number of hydrogen-bond acceptors (Lipinski definition) is 3. The first-order valence-electron chi connectivity index (χ1n) is 7.02. The summed E-state index contributed by atoms with van der Waals surface area (Å²) in [4.78, 5) is 12.1. The molecule has 1 amide bonds. The van der Waals surface area contributed by atoms with E-state index in [0.717, 1.165) is 17.0 Å². The summed E-state index contributed by atoms with van der Waals surface area (Å²) in [5, 5.41) is 6.55. The number of carbonyl (C=O) groups excluding carboxylic acids is 1. The minimum Gasteiger partial charge on any atom is -0.496 e. The Bertz CT molecular complexity index is 646. The van der Waals surface area contributed by atoms with Crippen molar-refractivity contribution in [2.24, 2.45) is 0 Å². The Morgan fingerprint density at radius 1 is 1.18 bits per heavy atom. The molecule has 2 aromatic rings. The van der Waals surface area contributed by atoms with Gasteiger partial charge in [0.15, 0.2) is 0 Å². The highest BCUT2D eigenvalue weighted by Gasteiger charge is 2.13. The Labute approximate surface area is 135 Å². The molecule has 22 heavy (non-hydrogen) atoms. The van der Waals surface area contributed by atoms with Crippen LogP contribution in [0.2, 0.25) is 5.02 Å². The highest BCUT2D eigenvalue weighted by Crippen LogP contribution is 2.24. The van der Waals surface area contributed by atoms with Crippen molar-refractivity contribution in [3.8, 4) is 5.75 Å². The SMILES string of the molecule is COc1ccccc1C(C)NC(=O)CNc1ccccc1Cl. The van der Waals surface area contributed by atoms with Gasteiger partial charge in [0.05, 0.1) is 30.4 Å². The van der Waals surface area contributed by atoms with Gasteiger partial charge in [0.25, 0.3) is 0 Å². The minimum absolute atomic E-state index is 0.113. The standard InChI is InChI=1S/C17H19ClN2O2/c1-12(13-7-3-6-10-16(13)22-2)20-17(21)11-19-15-9-5-4-8-14(15)18/h3-10,12,19H,11H2,1-2H3,(H,20,21). The second-order valence-corrected chi connectivity index (χ2v) is 5.27. The molecule has 0 radical (unpaired) electrons. The van der Waals surface area contributed by atoms with Crippen molar-refractivity contribution in [2.75, 3.05) is 19.0 Å². The molecule has 2 rings (SSSR count). The van der Waals surface area contributed by atoms with Crippen LogP contribution in [0.15, 0.2) is 48.5 Å². The molecule has 2 aromatic carbocycles. The summed E-state index contributed by atoms with van der Waals surface area (Å²) in [7, 11) is 1.62. The van der Waals surface area contributed by atoms with Crippen LogP contribution in [-0.4, -0.2) is 19.6 Å². The smallest absolute Gasteiger partial charge is 0.239 e. The fraction of sp³-hybridized carbons (Fsp3) is 0.235. The van der Waals surface area contributed by atoms with E-state index in [1.807, 2.05) is 49.4 Å². The van der Waals surface area contributed by atoms with Crippen LogP contribution < -0.4 is 15.4 Å². The molecule has 5 heteroatoms. The lowest BCUT2D eigenvalue weighted by Gasteiger charge is -2.17. The average molecular weight is 319 g/mol. The Morgan fingerprint density at radius 3 is 2.59 bits per heavy atom. The first-order valence-corrected chi connectivity index (χ1v) is 7.40. The van der Waals surface area contributed by atoms with E-state index in [4.69, 9.17) is 16.3 Å². The van der Waals surface area contributed by atoms with Crippen LogP contribution in [-0.2, 0) is 4.79 Å². The predicted molar refractivity (Wildman–Crippen MR) is 89.5 cm³/mol. The maximum atomic E-state index is 12.1. The summed E-state index contributed by atoms with van der Waals surface area (Å²) in [6, 6.07) is 14.8. The molecule has 0 aliphatic heterocycles. The first-order chi connectivity index (χ1) is 10.6. The van der Waals surface area contributed by atoms with Crippen LogP contribution in [0.3, 0.4) is 0 Å². The van der Waals surface area contributed by atoms with Gasteiger partial charge >= 0.3 is 0 Å². The normalized spacial score (nSPS) is 11.6. The lowest BCUT2D eigenvalue weighted by molar-refractivity contribution is -0.120. The van der Waals surface area contributed by atoms with Crippen molar-refractivity contribution in [3.63, 3.8) is 0 Å². The van der Waals surface area contributed by atoms with E-state index in [-0.39, 0.29) is 18.5 Å². The van der Waals surface area contributed by atoms with Gasteiger partial charge in [-0.15, -0.1) is 0 Å². The van der Waals surface area contributed by atoms with Crippen LogP contribution in [0.1, 0.15) is 18.5 Å². The van der Waals surface area contributed by atoms with Gasteiger partial charge in [0, 0.05) is 5.56 Å². The third kappa shape index (κ3) is 4.15. The van der Waals surface area contributed by atoms with Gasteiger partial charge in [-0.2, -0.15) is 0 Å². The molecule has 1 unspecified atom stereocenters. The molecule has 116 valence electrons. The van der Waals surface area contributed by atoms with Gasteiger partial charge in [-0.25, -0.2) is 0 Å². The van der Waals surface area contributed by atoms with E-state index < -0.39 is 0 Å². The van der Waals surface area contributed by atoms with Gasteiger partial charge in [-0.1, -0.05) is 41.9 Å². The first kappa shape index (κ1) is 16.2. The van der Waals surface area contributed by atoms with Crippen LogP contribution in [0, 0.1) is 0 Å². The predicted octanol–water partition coefficient (Wildman–Crippen LogP) is 3.64. The fourth-order valence-corrected chi connectivity index (χ4v) is 2.38. The summed E-state index contributed by atoms with van der Waals surface area (Å²) in [5.41, 5.74) is 1.68. The zero-order valence-corrected chi connectivity index (χ0v) is 13.4. The van der Waals surface area contributed by atoms with Crippen molar-refractivity contribution in [2.45, 2.75) is 13.0 Å². The molecule has 0 aliphatic carbocycles. The molecular formula is C17H19ClN2O2. The molecule has 0 saturated carbocycles. The number of para-hydroxylation sites is 2. The van der Waals surface area contributed by atoms with Crippen molar-refractivity contribution >= 4 is 23.2 Å². The molecule has 0 heterocycles. The largest absolute Gasteiger partial charge is 0.496 e. The third-order valence-electron chi connectivity index (χ3n) is 3.30. The van der Waals surface area contributed by atoms with Crippen molar-refractivity contribution in [1.29, 1.82) is 0 Å². The Hall–Kier alpha value is -2.20. The van der Waals surface area contributed by atoms with Gasteiger partial charge in [0.2, 0.25) is 5.91 Å². The number of carbonyl (C=O) groups is 1. The average Bonchev–Trinajstić information content (AvgIpc) is 2.54. The highest BCUT2D eigenvalue weighted by atomic mass is 35.5. The zero-order chi connectivity index (χ0) is 15.9. The van der Waals surface area contributed by atoms with E-state index in [9.17, 15) is 4.79 Å². The quantitative estimate of drug-likeness (QED) is 0.855. The molecule has 0 aromatic heterocycles. The van der Waals surface area contributed by atoms with Crippen LogP contribution >= 0.6 is 11.6 Å². The van der Waals surface area contributed by atoms with Crippen LogP contribution in [0.25, 0.3) is 0 Å². The molecule has 0 saturated heterocycles. The topological polar surface area (TPSA) is 50.4 Å². The zero-order valence-electron chi connectivity index (χ0n) is 12.6. The molecular weight excluding hydrogens is 300 g/mol. The molecule has 0 aliphatic rings.